The molecule has 3 heteroatoms. The van der Waals surface area contributed by atoms with Gasteiger partial charge in [-0.3, -0.25) is 0 Å². The minimum atomic E-state index is 0.614. The van der Waals surface area contributed by atoms with Gasteiger partial charge >= 0.3 is 0 Å². The maximum atomic E-state index is 5.48. The van der Waals surface area contributed by atoms with Gasteiger partial charge in [-0.15, -0.1) is 0 Å². The lowest BCUT2D eigenvalue weighted by atomic mass is 10.2. The van der Waals surface area contributed by atoms with Crippen molar-refractivity contribution in [2.75, 3.05) is 6.54 Å². The fraction of sp³-hybridized carbons (Fsp3) is 0.667. The summed E-state index contributed by atoms with van der Waals surface area (Å²) in [6, 6.07) is 0. The summed E-state index contributed by atoms with van der Waals surface area (Å²) in [5, 5.41) is 0. The molecule has 0 unspecified atom stereocenters. The second kappa shape index (κ2) is 3.27. The van der Waals surface area contributed by atoms with Gasteiger partial charge in [0.1, 0.15) is 5.76 Å². The van der Waals surface area contributed by atoms with Gasteiger partial charge in [0.05, 0.1) is 6.20 Å². The quantitative estimate of drug-likeness (QED) is 0.729. The fourth-order valence-corrected chi connectivity index (χ4v) is 1.29. The molecule has 2 N–H and O–H groups in total. The normalized spacial score (nSPS) is 16.8. The minimum Gasteiger partial charge on any atom is -0.446 e. The van der Waals surface area contributed by atoms with Crippen LogP contribution in [0.4, 0.5) is 0 Å². The van der Waals surface area contributed by atoms with E-state index in [2.05, 4.69) is 4.98 Å². The summed E-state index contributed by atoms with van der Waals surface area (Å²) < 4.78 is 5.48. The molecule has 0 aliphatic heterocycles. The molecule has 0 saturated heterocycles. The van der Waals surface area contributed by atoms with E-state index in [1.54, 1.807) is 0 Å². The smallest absolute Gasteiger partial charge is 0.195 e. The van der Waals surface area contributed by atoms with E-state index in [1.807, 2.05) is 6.20 Å². The largest absolute Gasteiger partial charge is 0.446 e. The molecular formula is C9H14N2O. The maximum Gasteiger partial charge on any atom is 0.195 e. The van der Waals surface area contributed by atoms with Gasteiger partial charge in [0, 0.05) is 19.4 Å². The molecule has 1 heterocycles. The Balaban J connectivity index is 1.92. The third kappa shape index (κ3) is 1.85. The Hall–Kier alpha value is -0.830. The zero-order valence-electron chi connectivity index (χ0n) is 7.12. The molecule has 1 fully saturated rings. The molecular weight excluding hydrogens is 152 g/mol. The zero-order valence-corrected chi connectivity index (χ0v) is 7.12. The van der Waals surface area contributed by atoms with Crippen molar-refractivity contribution in [1.82, 2.24) is 4.98 Å². The molecule has 12 heavy (non-hydrogen) atoms. The molecule has 1 aromatic rings. The summed E-state index contributed by atoms with van der Waals surface area (Å²) >= 11 is 0. The Labute approximate surface area is 72.0 Å². The fourth-order valence-electron chi connectivity index (χ4n) is 1.29. The van der Waals surface area contributed by atoms with Crippen molar-refractivity contribution < 1.29 is 4.42 Å². The van der Waals surface area contributed by atoms with Gasteiger partial charge in [-0.25, -0.2) is 4.98 Å². The molecule has 0 amide bonds. The summed E-state index contributed by atoms with van der Waals surface area (Å²) in [6.45, 7) is 0.614. The van der Waals surface area contributed by atoms with Crippen LogP contribution in [-0.2, 0) is 12.8 Å². The molecule has 66 valence electrons. The van der Waals surface area contributed by atoms with Crippen molar-refractivity contribution >= 4 is 0 Å². The van der Waals surface area contributed by atoms with E-state index in [0.717, 1.165) is 30.4 Å². The molecule has 3 nitrogen and oxygen atoms in total. The standard InChI is InChI=1S/C9H14N2O/c10-4-3-9-11-6-8(12-9)5-7-1-2-7/h6-7H,1-5,10H2. The Morgan fingerprint density at radius 2 is 2.42 bits per heavy atom. The first-order chi connectivity index (χ1) is 5.88. The van der Waals surface area contributed by atoms with E-state index in [9.17, 15) is 0 Å². The van der Waals surface area contributed by atoms with Crippen LogP contribution in [0, 0.1) is 5.92 Å². The molecule has 0 atom stereocenters. The van der Waals surface area contributed by atoms with Gasteiger partial charge < -0.3 is 10.2 Å². The van der Waals surface area contributed by atoms with Crippen molar-refractivity contribution in [1.29, 1.82) is 0 Å². The topological polar surface area (TPSA) is 52.0 Å². The van der Waals surface area contributed by atoms with E-state index in [4.69, 9.17) is 10.2 Å². The Bertz CT molecular complexity index is 253. The average Bonchev–Trinajstić information content (AvgIpc) is 2.74. The average molecular weight is 166 g/mol. The van der Waals surface area contributed by atoms with Gasteiger partial charge in [0.25, 0.3) is 0 Å². The first kappa shape index (κ1) is 7.80. The number of hydrogen-bond acceptors (Lipinski definition) is 3. The maximum absolute atomic E-state index is 5.48. The highest BCUT2D eigenvalue weighted by molar-refractivity contribution is 4.98. The van der Waals surface area contributed by atoms with E-state index in [0.29, 0.717) is 6.54 Å². The first-order valence-electron chi connectivity index (χ1n) is 4.52. The van der Waals surface area contributed by atoms with Crippen LogP contribution < -0.4 is 5.73 Å². The Morgan fingerprint density at radius 1 is 1.58 bits per heavy atom. The van der Waals surface area contributed by atoms with Gasteiger partial charge in [0.2, 0.25) is 0 Å². The molecule has 1 saturated carbocycles. The lowest BCUT2D eigenvalue weighted by Gasteiger charge is -1.91. The molecule has 2 rings (SSSR count). The minimum absolute atomic E-state index is 0.614. The van der Waals surface area contributed by atoms with E-state index >= 15 is 0 Å². The number of aromatic nitrogens is 1. The van der Waals surface area contributed by atoms with Crippen molar-refractivity contribution in [3.8, 4) is 0 Å². The molecule has 1 aliphatic rings. The molecule has 0 radical (unpaired) electrons. The highest BCUT2D eigenvalue weighted by atomic mass is 16.4. The van der Waals surface area contributed by atoms with Crippen LogP contribution in [0.5, 0.6) is 0 Å². The second-order valence-electron chi connectivity index (χ2n) is 3.41. The summed E-state index contributed by atoms with van der Waals surface area (Å²) in [4.78, 5) is 4.14. The highest BCUT2D eigenvalue weighted by Crippen LogP contribution is 2.32. The molecule has 1 aliphatic carbocycles. The first-order valence-corrected chi connectivity index (χ1v) is 4.52. The molecule has 0 spiro atoms. The predicted molar refractivity (Wildman–Crippen MR) is 45.7 cm³/mol. The Morgan fingerprint density at radius 3 is 3.08 bits per heavy atom. The summed E-state index contributed by atoms with van der Waals surface area (Å²) in [5.74, 6) is 2.68. The highest BCUT2D eigenvalue weighted by Gasteiger charge is 2.23. The number of hydrogen-bond donors (Lipinski definition) is 1. The van der Waals surface area contributed by atoms with Crippen LogP contribution in [-0.4, -0.2) is 11.5 Å². The summed E-state index contributed by atoms with van der Waals surface area (Å²) in [7, 11) is 0. The van der Waals surface area contributed by atoms with Crippen LogP contribution in [0.1, 0.15) is 24.5 Å². The van der Waals surface area contributed by atoms with Crippen LogP contribution in [0.25, 0.3) is 0 Å². The monoisotopic (exact) mass is 166 g/mol. The van der Waals surface area contributed by atoms with E-state index in [1.165, 1.54) is 12.8 Å². The van der Waals surface area contributed by atoms with Gasteiger partial charge in [-0.1, -0.05) is 0 Å². The molecule has 0 bridgehead atoms. The Kier molecular flexibility index (Phi) is 2.13. The van der Waals surface area contributed by atoms with Crippen molar-refractivity contribution in [3.63, 3.8) is 0 Å². The van der Waals surface area contributed by atoms with E-state index < -0.39 is 0 Å². The van der Waals surface area contributed by atoms with Gasteiger partial charge in [0.15, 0.2) is 5.89 Å². The van der Waals surface area contributed by atoms with Crippen molar-refractivity contribution in [3.05, 3.63) is 17.8 Å². The van der Waals surface area contributed by atoms with Crippen LogP contribution >= 0.6 is 0 Å². The SMILES string of the molecule is NCCc1ncc(CC2CC2)o1. The molecule has 1 aromatic heterocycles. The van der Waals surface area contributed by atoms with Gasteiger partial charge in [-0.2, -0.15) is 0 Å². The number of nitrogens with two attached hydrogens (primary N) is 1. The van der Waals surface area contributed by atoms with Crippen LogP contribution in [0.15, 0.2) is 10.6 Å². The lowest BCUT2D eigenvalue weighted by molar-refractivity contribution is 0.448. The lowest BCUT2D eigenvalue weighted by Crippen LogP contribution is -2.02. The van der Waals surface area contributed by atoms with Crippen LogP contribution in [0.2, 0.25) is 0 Å². The summed E-state index contributed by atoms with van der Waals surface area (Å²) in [6.07, 6.45) is 6.37. The van der Waals surface area contributed by atoms with Crippen molar-refractivity contribution in [2.45, 2.75) is 25.7 Å². The predicted octanol–water partition coefficient (Wildman–Crippen LogP) is 1.13. The van der Waals surface area contributed by atoms with Gasteiger partial charge in [-0.05, 0) is 18.8 Å². The van der Waals surface area contributed by atoms with E-state index in [-0.39, 0.29) is 0 Å². The zero-order chi connectivity index (χ0) is 8.39. The number of oxazole rings is 1. The third-order valence-electron chi connectivity index (χ3n) is 2.15. The summed E-state index contributed by atoms with van der Waals surface area (Å²) in [5.41, 5.74) is 5.38. The molecule has 0 aromatic carbocycles. The number of rotatable bonds is 4. The van der Waals surface area contributed by atoms with Crippen LogP contribution in [0.3, 0.4) is 0 Å². The third-order valence-corrected chi connectivity index (χ3v) is 2.15. The van der Waals surface area contributed by atoms with Crippen molar-refractivity contribution in [2.24, 2.45) is 11.7 Å². The second-order valence-corrected chi connectivity index (χ2v) is 3.41. The number of nitrogens with zero attached hydrogens (tertiary/aromatic N) is 1.